The fourth-order valence-corrected chi connectivity index (χ4v) is 2.96. The van der Waals surface area contributed by atoms with Crippen LogP contribution in [0.5, 0.6) is 23.0 Å². The van der Waals surface area contributed by atoms with Gasteiger partial charge in [-0.2, -0.15) is 13.2 Å². The summed E-state index contributed by atoms with van der Waals surface area (Å²) in [5.41, 5.74) is 0.786. The van der Waals surface area contributed by atoms with E-state index in [0.717, 1.165) is 18.2 Å². The molecule has 0 atom stereocenters. The zero-order chi connectivity index (χ0) is 27.7. The van der Waals surface area contributed by atoms with Gasteiger partial charge in [0, 0.05) is 11.8 Å². The molecule has 0 spiro atoms. The number of ether oxygens (including phenoxy) is 2. The molecule has 0 bridgehead atoms. The van der Waals surface area contributed by atoms with E-state index in [-0.39, 0.29) is 11.8 Å². The van der Waals surface area contributed by atoms with E-state index in [1.54, 1.807) is 0 Å². The monoisotopic (exact) mass is 536 g/mol. The Labute approximate surface area is 201 Å². The number of phenolic OH excluding ortho intramolecular Hbond substituents is 1. The maximum absolute atomic E-state index is 14.9. The Hall–Kier alpha value is -4.56. The predicted molar refractivity (Wildman–Crippen MR) is 109 cm³/mol. The average Bonchev–Trinajstić information content (AvgIpc) is 2.75. The highest BCUT2D eigenvalue weighted by molar-refractivity contribution is 6.07. The number of aromatic hydroxyl groups is 1. The minimum absolute atomic E-state index is 0.242. The first-order valence-electron chi connectivity index (χ1n) is 9.64. The largest absolute Gasteiger partial charge is 0.573 e. The van der Waals surface area contributed by atoms with Crippen LogP contribution >= 0.6 is 0 Å². The molecule has 0 heterocycles. The van der Waals surface area contributed by atoms with Crippen molar-refractivity contribution in [2.45, 2.75) is 12.5 Å². The van der Waals surface area contributed by atoms with Crippen molar-refractivity contribution in [1.82, 2.24) is 0 Å². The Morgan fingerprint density at radius 1 is 0.892 bits per heavy atom. The molecule has 0 aliphatic carbocycles. The summed E-state index contributed by atoms with van der Waals surface area (Å²) in [4.78, 5) is 24.1. The molecule has 15 heteroatoms. The number of amides is 2. The fourth-order valence-electron chi connectivity index (χ4n) is 2.96. The molecule has 0 saturated heterocycles. The second-order valence-corrected chi connectivity index (χ2v) is 7.09. The number of primary amides is 1. The van der Waals surface area contributed by atoms with Crippen molar-refractivity contribution in [1.29, 1.82) is 0 Å². The van der Waals surface area contributed by atoms with Gasteiger partial charge in [-0.15, -0.1) is 13.2 Å². The van der Waals surface area contributed by atoms with Crippen LogP contribution in [0.4, 0.5) is 40.8 Å². The van der Waals surface area contributed by atoms with Crippen LogP contribution in [0, 0.1) is 11.6 Å². The van der Waals surface area contributed by atoms with Gasteiger partial charge < -0.3 is 25.6 Å². The van der Waals surface area contributed by atoms with Gasteiger partial charge in [0.05, 0.1) is 11.1 Å². The summed E-state index contributed by atoms with van der Waals surface area (Å²) in [6.45, 7) is 0. The lowest BCUT2D eigenvalue weighted by molar-refractivity contribution is -0.275. The molecule has 0 unspecified atom stereocenters. The number of halogens is 8. The summed E-state index contributed by atoms with van der Waals surface area (Å²) in [6, 6.07) is 5.12. The van der Waals surface area contributed by atoms with E-state index in [1.165, 1.54) is 0 Å². The lowest BCUT2D eigenvalue weighted by atomic mass is 10.1. The van der Waals surface area contributed by atoms with E-state index in [2.05, 4.69) is 4.74 Å². The number of nitrogens with one attached hydrogen (secondary N) is 1. The van der Waals surface area contributed by atoms with Gasteiger partial charge in [0.1, 0.15) is 22.9 Å². The first-order valence-corrected chi connectivity index (χ1v) is 9.64. The van der Waals surface area contributed by atoms with Gasteiger partial charge in [0.25, 0.3) is 11.8 Å². The van der Waals surface area contributed by atoms with Crippen molar-refractivity contribution in [3.8, 4) is 23.0 Å². The molecule has 7 nitrogen and oxygen atoms in total. The number of nitrogens with two attached hydrogens (primary N) is 1. The highest BCUT2D eigenvalue weighted by atomic mass is 19.4. The Bertz CT molecular complexity index is 1370. The van der Waals surface area contributed by atoms with Gasteiger partial charge >= 0.3 is 12.5 Å². The number of benzene rings is 3. The number of carbonyl (C=O) groups is 2. The molecular formula is C22H12F8N2O5. The first-order chi connectivity index (χ1) is 17.1. The molecule has 0 saturated carbocycles. The van der Waals surface area contributed by atoms with E-state index in [0.29, 0.717) is 24.3 Å². The van der Waals surface area contributed by atoms with E-state index >= 15 is 0 Å². The van der Waals surface area contributed by atoms with E-state index in [9.17, 15) is 49.8 Å². The number of phenols is 1. The van der Waals surface area contributed by atoms with Crippen molar-refractivity contribution < 1.29 is 59.3 Å². The first kappa shape index (κ1) is 27.0. The molecule has 3 aromatic rings. The molecule has 0 fully saturated rings. The van der Waals surface area contributed by atoms with Crippen LogP contribution in [0.25, 0.3) is 0 Å². The SMILES string of the molecule is NC(=O)c1cc(NC(=O)c2c(Oc3ccc(OC(F)(F)F)c(O)c3)ccc(C(F)(F)F)c2F)ccc1F. The molecule has 0 radical (unpaired) electrons. The molecular weight excluding hydrogens is 524 g/mol. The molecule has 0 aromatic heterocycles. The standard InChI is InChI=1S/C22H12F8N2O5/c23-13-4-1-9(7-11(13)19(31)34)32-20(35)17-16(6-3-12(18(17)24)21(25,26)27)36-10-2-5-15(14(33)8-10)37-22(28,29)30/h1-8,33H,(H2,31,34)(H,32,35). The highest BCUT2D eigenvalue weighted by Gasteiger charge is 2.37. The van der Waals surface area contributed by atoms with E-state index in [4.69, 9.17) is 10.5 Å². The fraction of sp³-hybridized carbons (Fsp3) is 0.0909. The van der Waals surface area contributed by atoms with Crippen LogP contribution in [-0.2, 0) is 6.18 Å². The number of alkyl halides is 6. The number of rotatable bonds is 6. The van der Waals surface area contributed by atoms with Gasteiger partial charge in [-0.25, -0.2) is 8.78 Å². The smallest absolute Gasteiger partial charge is 0.504 e. The maximum atomic E-state index is 14.9. The minimum Gasteiger partial charge on any atom is -0.504 e. The summed E-state index contributed by atoms with van der Waals surface area (Å²) in [7, 11) is 0. The van der Waals surface area contributed by atoms with Crippen LogP contribution in [0.2, 0.25) is 0 Å². The molecule has 0 aliphatic rings. The molecule has 2 amide bonds. The van der Waals surface area contributed by atoms with Gasteiger partial charge in [-0.3, -0.25) is 9.59 Å². The lowest BCUT2D eigenvalue weighted by Crippen LogP contribution is -2.19. The van der Waals surface area contributed by atoms with E-state index in [1.807, 2.05) is 5.32 Å². The number of hydrogen-bond acceptors (Lipinski definition) is 5. The summed E-state index contributed by atoms with van der Waals surface area (Å²) >= 11 is 0. The average molecular weight is 536 g/mol. The highest BCUT2D eigenvalue weighted by Crippen LogP contribution is 2.39. The summed E-state index contributed by atoms with van der Waals surface area (Å²) in [6.07, 6.45) is -10.4. The zero-order valence-corrected chi connectivity index (χ0v) is 17.8. The Morgan fingerprint density at radius 2 is 1.54 bits per heavy atom. The number of anilines is 1. The molecule has 4 N–H and O–H groups in total. The molecule has 196 valence electrons. The quantitative estimate of drug-likeness (QED) is 0.349. The van der Waals surface area contributed by atoms with Gasteiger partial charge in [0.15, 0.2) is 17.3 Å². The summed E-state index contributed by atoms with van der Waals surface area (Å²) < 4.78 is 114. The third-order valence-corrected chi connectivity index (χ3v) is 4.51. The van der Waals surface area contributed by atoms with Crippen LogP contribution < -0.4 is 20.5 Å². The van der Waals surface area contributed by atoms with Gasteiger partial charge in [-0.1, -0.05) is 0 Å². The second-order valence-electron chi connectivity index (χ2n) is 7.09. The van der Waals surface area contributed by atoms with Gasteiger partial charge in [-0.05, 0) is 42.5 Å². The van der Waals surface area contributed by atoms with Crippen molar-refractivity contribution in [3.63, 3.8) is 0 Å². The Morgan fingerprint density at radius 3 is 2.11 bits per heavy atom. The van der Waals surface area contributed by atoms with Crippen LogP contribution in [0.15, 0.2) is 48.5 Å². The molecule has 3 rings (SSSR count). The minimum atomic E-state index is -5.25. The number of carbonyl (C=O) groups excluding carboxylic acids is 2. The predicted octanol–water partition coefficient (Wildman–Crippen LogP) is 5.73. The van der Waals surface area contributed by atoms with Crippen LogP contribution in [0.1, 0.15) is 26.3 Å². The van der Waals surface area contributed by atoms with Crippen molar-refractivity contribution in [2.75, 3.05) is 5.32 Å². The second kappa shape index (κ2) is 9.83. The third-order valence-electron chi connectivity index (χ3n) is 4.51. The van der Waals surface area contributed by atoms with Crippen LogP contribution in [0.3, 0.4) is 0 Å². The lowest BCUT2D eigenvalue weighted by Gasteiger charge is -2.17. The molecule has 37 heavy (non-hydrogen) atoms. The van der Waals surface area contributed by atoms with Crippen molar-refractivity contribution in [3.05, 3.63) is 76.9 Å². The molecule has 0 aliphatic heterocycles. The van der Waals surface area contributed by atoms with Crippen molar-refractivity contribution >= 4 is 17.5 Å². The van der Waals surface area contributed by atoms with Crippen molar-refractivity contribution in [2.24, 2.45) is 5.73 Å². The van der Waals surface area contributed by atoms with Gasteiger partial charge in [0.2, 0.25) is 0 Å². The topological polar surface area (TPSA) is 111 Å². The summed E-state index contributed by atoms with van der Waals surface area (Å²) in [5, 5.41) is 11.7. The third kappa shape index (κ3) is 6.36. The maximum Gasteiger partial charge on any atom is 0.573 e. The molecule has 3 aromatic carbocycles. The Kier molecular flexibility index (Phi) is 7.18. The van der Waals surface area contributed by atoms with E-state index < -0.39 is 75.7 Å². The Balaban J connectivity index is 2.03. The zero-order valence-electron chi connectivity index (χ0n) is 17.8. The van der Waals surface area contributed by atoms with Crippen LogP contribution in [-0.4, -0.2) is 23.3 Å². The summed E-state index contributed by atoms with van der Waals surface area (Å²) in [5.74, 6) is -9.43. The normalized spacial score (nSPS) is 11.7. The number of hydrogen-bond donors (Lipinski definition) is 3.